The predicted molar refractivity (Wildman–Crippen MR) is 75.0 cm³/mol. The van der Waals surface area contributed by atoms with Crippen LogP contribution in [0.2, 0.25) is 0 Å². The highest BCUT2D eigenvalue weighted by Gasteiger charge is 2.21. The van der Waals surface area contributed by atoms with Gasteiger partial charge in [0, 0.05) is 12.1 Å². The van der Waals surface area contributed by atoms with Crippen LogP contribution >= 0.6 is 0 Å². The summed E-state index contributed by atoms with van der Waals surface area (Å²) in [6, 6.07) is 6.98. The number of phenolic OH excluding ortho intramolecular Hbond substituents is 1. The van der Waals surface area contributed by atoms with Crippen LogP contribution in [0.15, 0.2) is 24.3 Å². The van der Waals surface area contributed by atoms with Crippen molar-refractivity contribution >= 4 is 5.91 Å². The second-order valence-corrected chi connectivity index (χ2v) is 5.34. The molecule has 0 bridgehead atoms. The molecule has 1 aromatic carbocycles. The van der Waals surface area contributed by atoms with Crippen LogP contribution in [0.4, 0.5) is 0 Å². The van der Waals surface area contributed by atoms with E-state index in [0.29, 0.717) is 17.4 Å². The van der Waals surface area contributed by atoms with Crippen molar-refractivity contribution < 1.29 is 9.90 Å². The zero-order chi connectivity index (χ0) is 13.7. The third-order valence-electron chi connectivity index (χ3n) is 3.87. The lowest BCUT2D eigenvalue weighted by Crippen LogP contribution is -2.41. The molecule has 1 aliphatic heterocycles. The Morgan fingerprint density at radius 1 is 1.47 bits per heavy atom. The lowest BCUT2D eigenvalue weighted by molar-refractivity contribution is -0.120. The van der Waals surface area contributed by atoms with Crippen molar-refractivity contribution in [1.29, 1.82) is 0 Å². The fraction of sp³-hybridized carbons (Fsp3) is 0.533. The first kappa shape index (κ1) is 13.9. The fourth-order valence-electron chi connectivity index (χ4n) is 2.51. The predicted octanol–water partition coefficient (Wildman–Crippen LogP) is 1.30. The second kappa shape index (κ2) is 6.57. The molecule has 104 valence electrons. The fourth-order valence-corrected chi connectivity index (χ4v) is 2.51. The van der Waals surface area contributed by atoms with Gasteiger partial charge in [-0.15, -0.1) is 0 Å². The topological polar surface area (TPSA) is 61.4 Å². The largest absolute Gasteiger partial charge is 0.508 e. The van der Waals surface area contributed by atoms with E-state index >= 15 is 0 Å². The molecule has 4 heteroatoms. The minimum atomic E-state index is -0.0211. The first-order chi connectivity index (χ1) is 9.16. The molecule has 19 heavy (non-hydrogen) atoms. The zero-order valence-electron chi connectivity index (χ0n) is 11.4. The summed E-state index contributed by atoms with van der Waals surface area (Å²) >= 11 is 0. The van der Waals surface area contributed by atoms with Gasteiger partial charge in [-0.2, -0.15) is 0 Å². The summed E-state index contributed by atoms with van der Waals surface area (Å²) in [6.07, 6.45) is 1.35. The van der Waals surface area contributed by atoms with E-state index in [4.69, 9.17) is 0 Å². The molecule has 0 radical (unpaired) electrons. The van der Waals surface area contributed by atoms with Crippen LogP contribution in [-0.2, 0) is 11.2 Å². The third kappa shape index (κ3) is 3.96. The molecule has 4 nitrogen and oxygen atoms in total. The number of hydrogen-bond donors (Lipinski definition) is 3. The molecule has 0 aromatic heterocycles. The van der Waals surface area contributed by atoms with E-state index in [0.717, 1.165) is 26.1 Å². The molecule has 1 heterocycles. The molecular weight excluding hydrogens is 240 g/mol. The molecule has 0 saturated carbocycles. The van der Waals surface area contributed by atoms with Crippen molar-refractivity contribution in [2.24, 2.45) is 11.8 Å². The normalized spacial score (nSPS) is 23.0. The van der Waals surface area contributed by atoms with Crippen molar-refractivity contribution in [2.45, 2.75) is 19.8 Å². The molecule has 3 N–H and O–H groups in total. The van der Waals surface area contributed by atoms with E-state index in [1.165, 1.54) is 0 Å². The summed E-state index contributed by atoms with van der Waals surface area (Å²) < 4.78 is 0. The Labute approximate surface area is 114 Å². The molecule has 2 rings (SSSR count). The number of nitrogens with one attached hydrogen (secondary N) is 2. The number of aromatic hydroxyl groups is 1. The van der Waals surface area contributed by atoms with Crippen LogP contribution < -0.4 is 10.6 Å². The maximum Gasteiger partial charge on any atom is 0.224 e. The number of phenols is 1. The van der Waals surface area contributed by atoms with Crippen molar-refractivity contribution in [3.63, 3.8) is 0 Å². The maximum atomic E-state index is 11.9. The van der Waals surface area contributed by atoms with E-state index in [9.17, 15) is 9.90 Å². The van der Waals surface area contributed by atoms with Gasteiger partial charge in [0.25, 0.3) is 0 Å². The molecule has 0 aliphatic carbocycles. The molecule has 1 fully saturated rings. The molecule has 2 atom stereocenters. The third-order valence-corrected chi connectivity index (χ3v) is 3.87. The van der Waals surface area contributed by atoms with Gasteiger partial charge in [-0.25, -0.2) is 0 Å². The van der Waals surface area contributed by atoms with E-state index in [-0.39, 0.29) is 18.1 Å². The van der Waals surface area contributed by atoms with Gasteiger partial charge in [-0.05, 0) is 37.4 Å². The van der Waals surface area contributed by atoms with E-state index in [1.54, 1.807) is 18.2 Å². The van der Waals surface area contributed by atoms with Gasteiger partial charge in [0.1, 0.15) is 5.75 Å². The molecular formula is C15H22N2O2. The number of benzene rings is 1. The standard InChI is InChI=1S/C15H22N2O2/c1-11-9-16-7-6-13(11)10-17-15(19)8-12-4-2-3-5-14(12)18/h2-5,11,13,16,18H,6-10H2,1H3,(H,17,19). The molecule has 1 saturated heterocycles. The Morgan fingerprint density at radius 3 is 3.00 bits per heavy atom. The highest BCUT2D eigenvalue weighted by Crippen LogP contribution is 2.18. The molecule has 1 aromatic rings. The summed E-state index contributed by atoms with van der Waals surface area (Å²) in [4.78, 5) is 11.9. The Morgan fingerprint density at radius 2 is 2.26 bits per heavy atom. The van der Waals surface area contributed by atoms with E-state index < -0.39 is 0 Å². The van der Waals surface area contributed by atoms with Crippen molar-refractivity contribution in [3.05, 3.63) is 29.8 Å². The van der Waals surface area contributed by atoms with Crippen LogP contribution in [0.5, 0.6) is 5.75 Å². The zero-order valence-corrected chi connectivity index (χ0v) is 11.4. The molecule has 2 unspecified atom stereocenters. The molecule has 1 aliphatic rings. The van der Waals surface area contributed by atoms with E-state index in [1.807, 2.05) is 6.07 Å². The van der Waals surface area contributed by atoms with Gasteiger partial charge >= 0.3 is 0 Å². The number of para-hydroxylation sites is 1. The number of amides is 1. The average Bonchev–Trinajstić information content (AvgIpc) is 2.40. The Balaban J connectivity index is 1.80. The summed E-state index contributed by atoms with van der Waals surface area (Å²) in [5.74, 6) is 1.31. The number of piperidine rings is 1. The molecule has 0 spiro atoms. The SMILES string of the molecule is CC1CNCCC1CNC(=O)Cc1ccccc1O. The van der Waals surface area contributed by atoms with Gasteiger partial charge in [0.05, 0.1) is 6.42 Å². The van der Waals surface area contributed by atoms with Gasteiger partial charge in [-0.3, -0.25) is 4.79 Å². The lowest BCUT2D eigenvalue weighted by atomic mass is 9.88. The lowest BCUT2D eigenvalue weighted by Gasteiger charge is -2.29. The van der Waals surface area contributed by atoms with Crippen LogP contribution in [0.25, 0.3) is 0 Å². The van der Waals surface area contributed by atoms with Gasteiger partial charge in [0.15, 0.2) is 0 Å². The van der Waals surface area contributed by atoms with Crippen molar-refractivity contribution in [1.82, 2.24) is 10.6 Å². The first-order valence-electron chi connectivity index (χ1n) is 6.91. The number of carbonyl (C=O) groups excluding carboxylic acids is 1. The summed E-state index contributed by atoms with van der Waals surface area (Å²) in [5.41, 5.74) is 0.679. The second-order valence-electron chi connectivity index (χ2n) is 5.34. The smallest absolute Gasteiger partial charge is 0.224 e. The van der Waals surface area contributed by atoms with Crippen LogP contribution in [0.3, 0.4) is 0 Å². The highest BCUT2D eigenvalue weighted by atomic mass is 16.3. The molecule has 1 amide bonds. The quantitative estimate of drug-likeness (QED) is 0.766. The van der Waals surface area contributed by atoms with Crippen LogP contribution in [-0.4, -0.2) is 30.6 Å². The number of rotatable bonds is 4. The van der Waals surface area contributed by atoms with Gasteiger partial charge in [0.2, 0.25) is 5.91 Å². The highest BCUT2D eigenvalue weighted by molar-refractivity contribution is 5.79. The summed E-state index contributed by atoms with van der Waals surface area (Å²) in [5, 5.41) is 16.0. The Kier molecular flexibility index (Phi) is 4.80. The summed E-state index contributed by atoms with van der Waals surface area (Å²) in [6.45, 7) is 5.01. The van der Waals surface area contributed by atoms with Crippen LogP contribution in [0.1, 0.15) is 18.9 Å². The van der Waals surface area contributed by atoms with Gasteiger partial charge in [-0.1, -0.05) is 25.1 Å². The van der Waals surface area contributed by atoms with Gasteiger partial charge < -0.3 is 15.7 Å². The Bertz CT molecular complexity index is 434. The van der Waals surface area contributed by atoms with Crippen molar-refractivity contribution in [2.75, 3.05) is 19.6 Å². The van der Waals surface area contributed by atoms with Crippen molar-refractivity contribution in [3.8, 4) is 5.75 Å². The first-order valence-corrected chi connectivity index (χ1v) is 6.91. The monoisotopic (exact) mass is 262 g/mol. The number of carbonyl (C=O) groups is 1. The Hall–Kier alpha value is -1.55. The minimum Gasteiger partial charge on any atom is -0.508 e. The van der Waals surface area contributed by atoms with E-state index in [2.05, 4.69) is 17.6 Å². The maximum absolute atomic E-state index is 11.9. The number of hydrogen-bond acceptors (Lipinski definition) is 3. The summed E-state index contributed by atoms with van der Waals surface area (Å²) in [7, 11) is 0. The minimum absolute atomic E-state index is 0.0211. The average molecular weight is 262 g/mol. The van der Waals surface area contributed by atoms with Crippen LogP contribution in [0, 0.1) is 11.8 Å².